The predicted molar refractivity (Wildman–Crippen MR) is 119 cm³/mol. The Morgan fingerprint density at radius 1 is 1.00 bits per heavy atom. The number of sulfonamides is 1. The molecule has 0 radical (unpaired) electrons. The van der Waals surface area contributed by atoms with Gasteiger partial charge in [-0.1, -0.05) is 30.3 Å². The van der Waals surface area contributed by atoms with Gasteiger partial charge >= 0.3 is 0 Å². The van der Waals surface area contributed by atoms with Crippen molar-refractivity contribution in [3.8, 4) is 27.6 Å². The molecular formula is C23H17FN2O3S2. The fraction of sp³-hybridized carbons (Fsp3) is 0.0870. The minimum Gasteiger partial charge on any atom is -0.493 e. The van der Waals surface area contributed by atoms with Gasteiger partial charge < -0.3 is 4.74 Å². The summed E-state index contributed by atoms with van der Waals surface area (Å²) in [6.07, 6.45) is 0.687. The second-order valence-corrected chi connectivity index (χ2v) is 9.58. The number of nitrogens with one attached hydrogen (secondary N) is 1. The summed E-state index contributed by atoms with van der Waals surface area (Å²) in [6, 6.07) is 18.3. The van der Waals surface area contributed by atoms with E-state index in [1.807, 2.05) is 6.07 Å². The maximum absolute atomic E-state index is 14.1. The summed E-state index contributed by atoms with van der Waals surface area (Å²) in [7, 11) is -3.81. The van der Waals surface area contributed by atoms with E-state index in [9.17, 15) is 12.8 Å². The number of ether oxygens (including phenoxy) is 1. The van der Waals surface area contributed by atoms with Gasteiger partial charge in [-0.05, 0) is 42.0 Å². The fourth-order valence-electron chi connectivity index (χ4n) is 3.49. The van der Waals surface area contributed by atoms with Crippen molar-refractivity contribution in [3.05, 3.63) is 83.5 Å². The van der Waals surface area contributed by atoms with Gasteiger partial charge in [-0.3, -0.25) is 4.72 Å². The average Bonchev–Trinajstić information content (AvgIpc) is 3.43. The maximum Gasteiger partial charge on any atom is 0.261 e. The molecule has 0 fully saturated rings. The average molecular weight is 453 g/mol. The van der Waals surface area contributed by atoms with Crippen LogP contribution in [-0.4, -0.2) is 20.0 Å². The molecule has 156 valence electrons. The highest BCUT2D eigenvalue weighted by atomic mass is 32.2. The molecule has 1 N–H and O–H groups in total. The molecule has 1 aliphatic rings. The summed E-state index contributed by atoms with van der Waals surface area (Å²) >= 11 is 1.31. The second kappa shape index (κ2) is 7.79. The Morgan fingerprint density at radius 2 is 1.77 bits per heavy atom. The lowest BCUT2D eigenvalue weighted by molar-refractivity contribution is 0.356. The van der Waals surface area contributed by atoms with E-state index >= 15 is 0 Å². The van der Waals surface area contributed by atoms with E-state index in [0.29, 0.717) is 40.5 Å². The smallest absolute Gasteiger partial charge is 0.261 e. The molecule has 0 aliphatic carbocycles. The van der Waals surface area contributed by atoms with Gasteiger partial charge in [0.2, 0.25) is 0 Å². The van der Waals surface area contributed by atoms with Gasteiger partial charge in [0, 0.05) is 22.9 Å². The Labute approximate surface area is 183 Å². The highest BCUT2D eigenvalue weighted by molar-refractivity contribution is 7.92. The summed E-state index contributed by atoms with van der Waals surface area (Å²) < 4.78 is 48.3. The Hall–Kier alpha value is -3.23. The van der Waals surface area contributed by atoms with Crippen LogP contribution in [-0.2, 0) is 16.4 Å². The van der Waals surface area contributed by atoms with Crippen molar-refractivity contribution in [2.75, 3.05) is 11.3 Å². The zero-order chi connectivity index (χ0) is 21.4. The fourth-order valence-corrected chi connectivity index (χ4v) is 5.46. The number of nitrogens with zero attached hydrogens (tertiary/aromatic N) is 1. The molecule has 5 rings (SSSR count). The zero-order valence-corrected chi connectivity index (χ0v) is 17.8. The topological polar surface area (TPSA) is 68.3 Å². The predicted octanol–water partition coefficient (Wildman–Crippen LogP) is 5.35. The van der Waals surface area contributed by atoms with Crippen LogP contribution in [0.25, 0.3) is 21.8 Å². The molecule has 0 bridgehead atoms. The molecule has 2 heterocycles. The van der Waals surface area contributed by atoms with Gasteiger partial charge in [-0.2, -0.15) is 0 Å². The van der Waals surface area contributed by atoms with E-state index in [4.69, 9.17) is 4.74 Å². The van der Waals surface area contributed by atoms with Crippen LogP contribution < -0.4 is 9.46 Å². The normalized spacial score (nSPS) is 12.9. The van der Waals surface area contributed by atoms with Gasteiger partial charge in [-0.15, -0.1) is 11.3 Å². The molecule has 0 spiro atoms. The zero-order valence-electron chi connectivity index (χ0n) is 16.2. The first-order chi connectivity index (χ1) is 15.0. The third-order valence-corrected chi connectivity index (χ3v) is 7.27. The number of para-hydroxylation sites is 1. The highest BCUT2D eigenvalue weighted by Gasteiger charge is 2.21. The molecule has 0 saturated carbocycles. The van der Waals surface area contributed by atoms with E-state index in [2.05, 4.69) is 9.71 Å². The summed E-state index contributed by atoms with van der Waals surface area (Å²) in [5.74, 6) is 0.375. The van der Waals surface area contributed by atoms with Crippen LogP contribution in [0.4, 0.5) is 10.1 Å². The first-order valence-corrected chi connectivity index (χ1v) is 12.0. The lowest BCUT2D eigenvalue weighted by Gasteiger charge is -2.12. The third-order valence-electron chi connectivity index (χ3n) is 5.03. The molecule has 0 unspecified atom stereocenters. The molecule has 8 heteroatoms. The van der Waals surface area contributed by atoms with Crippen molar-refractivity contribution in [1.29, 1.82) is 0 Å². The quantitative estimate of drug-likeness (QED) is 0.443. The standard InChI is InChI=1S/C23H17FN2O3S2/c24-19-7-3-1-5-17(19)23-25-21(14-30-23)18-6-2-4-8-20(18)26-31(27,28)16-9-10-22-15(13-16)11-12-29-22/h1-10,13-14,26H,11-12H2. The number of aromatic nitrogens is 1. The molecule has 4 aromatic rings. The number of hydrogen-bond donors (Lipinski definition) is 1. The van der Waals surface area contributed by atoms with Crippen molar-refractivity contribution in [2.45, 2.75) is 11.3 Å². The SMILES string of the molecule is O=S(=O)(Nc1ccccc1-c1csc(-c2ccccc2F)n1)c1ccc2c(c1)CCO2. The number of thiazole rings is 1. The molecule has 0 saturated heterocycles. The third kappa shape index (κ3) is 3.80. The van der Waals surface area contributed by atoms with Gasteiger partial charge in [0.1, 0.15) is 16.6 Å². The summed E-state index contributed by atoms with van der Waals surface area (Å²) in [6.45, 7) is 0.559. The molecule has 5 nitrogen and oxygen atoms in total. The molecule has 0 atom stereocenters. The largest absolute Gasteiger partial charge is 0.493 e. The van der Waals surface area contributed by atoms with Crippen LogP contribution in [0.3, 0.4) is 0 Å². The van der Waals surface area contributed by atoms with Crippen LogP contribution in [0.2, 0.25) is 0 Å². The monoisotopic (exact) mass is 452 g/mol. The molecule has 3 aromatic carbocycles. The first kappa shape index (κ1) is 19.7. The van der Waals surface area contributed by atoms with Crippen molar-refractivity contribution in [1.82, 2.24) is 4.98 Å². The summed E-state index contributed by atoms with van der Waals surface area (Å²) in [5, 5.41) is 2.33. The lowest BCUT2D eigenvalue weighted by Crippen LogP contribution is -2.13. The summed E-state index contributed by atoms with van der Waals surface area (Å²) in [5.41, 5.74) is 2.89. The number of rotatable bonds is 5. The molecule has 1 aliphatic heterocycles. The van der Waals surface area contributed by atoms with E-state index < -0.39 is 10.0 Å². The van der Waals surface area contributed by atoms with Gasteiger partial charge in [-0.25, -0.2) is 17.8 Å². The van der Waals surface area contributed by atoms with Crippen LogP contribution in [0.5, 0.6) is 5.75 Å². The Balaban J connectivity index is 1.48. The summed E-state index contributed by atoms with van der Waals surface area (Å²) in [4.78, 5) is 4.73. The number of fused-ring (bicyclic) bond motifs is 1. The van der Waals surface area contributed by atoms with E-state index in [-0.39, 0.29) is 10.7 Å². The van der Waals surface area contributed by atoms with Gasteiger partial charge in [0.05, 0.1) is 22.9 Å². The Bertz CT molecular complexity index is 1380. The van der Waals surface area contributed by atoms with Crippen molar-refractivity contribution in [2.24, 2.45) is 0 Å². The van der Waals surface area contributed by atoms with E-state index in [1.165, 1.54) is 23.5 Å². The Kier molecular flexibility index (Phi) is 4.95. The highest BCUT2D eigenvalue weighted by Crippen LogP contribution is 2.35. The number of halogens is 1. The molecule has 0 amide bonds. The molecular weight excluding hydrogens is 435 g/mol. The number of anilines is 1. The molecule has 31 heavy (non-hydrogen) atoms. The van der Waals surface area contributed by atoms with Crippen LogP contribution in [0.15, 0.2) is 77.0 Å². The van der Waals surface area contributed by atoms with E-state index in [0.717, 1.165) is 11.3 Å². The number of hydrogen-bond acceptors (Lipinski definition) is 5. The lowest BCUT2D eigenvalue weighted by atomic mass is 10.1. The van der Waals surface area contributed by atoms with E-state index in [1.54, 1.807) is 53.9 Å². The van der Waals surface area contributed by atoms with Crippen molar-refractivity contribution >= 4 is 27.0 Å². The van der Waals surface area contributed by atoms with Crippen LogP contribution in [0, 0.1) is 5.82 Å². The van der Waals surface area contributed by atoms with Crippen LogP contribution in [0.1, 0.15) is 5.56 Å². The Morgan fingerprint density at radius 3 is 2.61 bits per heavy atom. The minimum absolute atomic E-state index is 0.178. The van der Waals surface area contributed by atoms with Crippen molar-refractivity contribution < 1.29 is 17.5 Å². The van der Waals surface area contributed by atoms with Crippen LogP contribution >= 0.6 is 11.3 Å². The first-order valence-electron chi connectivity index (χ1n) is 9.60. The number of benzene rings is 3. The van der Waals surface area contributed by atoms with Gasteiger partial charge in [0.25, 0.3) is 10.0 Å². The maximum atomic E-state index is 14.1. The second-order valence-electron chi connectivity index (χ2n) is 7.04. The molecule has 1 aromatic heterocycles. The van der Waals surface area contributed by atoms with Gasteiger partial charge in [0.15, 0.2) is 0 Å². The van der Waals surface area contributed by atoms with Crippen molar-refractivity contribution in [3.63, 3.8) is 0 Å². The minimum atomic E-state index is -3.81.